The van der Waals surface area contributed by atoms with Crippen molar-refractivity contribution in [1.29, 1.82) is 5.41 Å². The van der Waals surface area contributed by atoms with Crippen molar-refractivity contribution in [1.82, 2.24) is 4.90 Å². The molecule has 0 bridgehead atoms. The molecule has 1 heterocycles. The Morgan fingerprint density at radius 1 is 1.53 bits per heavy atom. The molecule has 0 aromatic heterocycles. The average Bonchev–Trinajstić information content (AvgIpc) is 2.26. The van der Waals surface area contributed by atoms with Gasteiger partial charge >= 0.3 is 0 Å². The van der Waals surface area contributed by atoms with Gasteiger partial charge in [-0.2, -0.15) is 0 Å². The quantitative estimate of drug-likeness (QED) is 0.530. The van der Waals surface area contributed by atoms with E-state index in [-0.39, 0.29) is 11.9 Å². The molecule has 0 spiro atoms. The van der Waals surface area contributed by atoms with Crippen LogP contribution in [0.15, 0.2) is 0 Å². The third-order valence-corrected chi connectivity index (χ3v) is 3.17. The van der Waals surface area contributed by atoms with E-state index < -0.39 is 0 Å². The van der Waals surface area contributed by atoms with E-state index in [1.807, 2.05) is 0 Å². The van der Waals surface area contributed by atoms with Gasteiger partial charge in [-0.15, -0.1) is 0 Å². The zero-order valence-electron chi connectivity index (χ0n) is 9.83. The Morgan fingerprint density at radius 2 is 2.20 bits per heavy atom. The molecule has 0 aliphatic carbocycles. The van der Waals surface area contributed by atoms with Crippen molar-refractivity contribution in [3.8, 4) is 0 Å². The van der Waals surface area contributed by atoms with Crippen molar-refractivity contribution in [3.63, 3.8) is 0 Å². The Bertz CT molecular complexity index is 204. The summed E-state index contributed by atoms with van der Waals surface area (Å²) in [6.45, 7) is 8.03. The van der Waals surface area contributed by atoms with Crippen molar-refractivity contribution in [2.45, 2.75) is 32.8 Å². The lowest BCUT2D eigenvalue weighted by molar-refractivity contribution is -0.000527. The van der Waals surface area contributed by atoms with Crippen LogP contribution in [0, 0.1) is 11.3 Å². The number of nitrogens with two attached hydrogens (primary N) is 1. The normalized spacial score (nSPS) is 23.3. The van der Waals surface area contributed by atoms with Gasteiger partial charge in [0.05, 0.1) is 6.61 Å². The van der Waals surface area contributed by atoms with Crippen LogP contribution in [-0.4, -0.2) is 43.1 Å². The number of rotatable bonds is 5. The SMILES string of the molecule is CCC(CC)CN1CCOC(C(=N)N)C1. The van der Waals surface area contributed by atoms with Gasteiger partial charge in [0.15, 0.2) is 0 Å². The molecule has 1 rings (SSSR count). The number of hydrogen-bond donors (Lipinski definition) is 2. The third kappa shape index (κ3) is 3.80. The smallest absolute Gasteiger partial charge is 0.127 e. The van der Waals surface area contributed by atoms with Crippen LogP contribution in [0.25, 0.3) is 0 Å². The van der Waals surface area contributed by atoms with Crippen LogP contribution in [0.4, 0.5) is 0 Å². The molecule has 15 heavy (non-hydrogen) atoms. The molecule has 0 amide bonds. The maximum absolute atomic E-state index is 7.38. The zero-order valence-corrected chi connectivity index (χ0v) is 9.83. The maximum Gasteiger partial charge on any atom is 0.127 e. The number of amidine groups is 1. The van der Waals surface area contributed by atoms with Crippen LogP contribution in [0.1, 0.15) is 26.7 Å². The molecule has 0 saturated carbocycles. The van der Waals surface area contributed by atoms with Gasteiger partial charge in [0.2, 0.25) is 0 Å². The van der Waals surface area contributed by atoms with Crippen molar-refractivity contribution in [2.75, 3.05) is 26.2 Å². The fourth-order valence-corrected chi connectivity index (χ4v) is 1.97. The molecule has 4 heteroatoms. The minimum atomic E-state index is -0.187. The van der Waals surface area contributed by atoms with E-state index in [1.54, 1.807) is 0 Å². The summed E-state index contributed by atoms with van der Waals surface area (Å²) in [4.78, 5) is 2.37. The second-order valence-electron chi connectivity index (χ2n) is 4.26. The van der Waals surface area contributed by atoms with Gasteiger partial charge in [-0.1, -0.05) is 26.7 Å². The number of hydrogen-bond acceptors (Lipinski definition) is 3. The summed E-state index contributed by atoms with van der Waals surface area (Å²) in [5.41, 5.74) is 5.46. The molecule has 88 valence electrons. The highest BCUT2D eigenvalue weighted by molar-refractivity contribution is 5.82. The predicted octanol–water partition coefficient (Wildman–Crippen LogP) is 1.06. The topological polar surface area (TPSA) is 62.3 Å². The standard InChI is InChI=1S/C11H23N3O/c1-3-9(4-2)7-14-5-6-15-10(8-14)11(12)13/h9-10H,3-8H2,1-2H3,(H3,12,13). The maximum atomic E-state index is 7.38. The minimum absolute atomic E-state index is 0.157. The monoisotopic (exact) mass is 213 g/mol. The molecule has 3 N–H and O–H groups in total. The van der Waals surface area contributed by atoms with Crippen molar-refractivity contribution < 1.29 is 4.74 Å². The van der Waals surface area contributed by atoms with Gasteiger partial charge in [-0.25, -0.2) is 0 Å². The first kappa shape index (κ1) is 12.5. The van der Waals surface area contributed by atoms with E-state index in [4.69, 9.17) is 15.9 Å². The number of morpholine rings is 1. The van der Waals surface area contributed by atoms with Gasteiger partial charge in [0.1, 0.15) is 11.9 Å². The first-order valence-corrected chi connectivity index (χ1v) is 5.85. The zero-order chi connectivity index (χ0) is 11.3. The minimum Gasteiger partial charge on any atom is -0.385 e. The van der Waals surface area contributed by atoms with E-state index in [2.05, 4.69) is 18.7 Å². The molecular formula is C11H23N3O. The number of ether oxygens (including phenoxy) is 1. The van der Waals surface area contributed by atoms with Gasteiger partial charge in [-0.05, 0) is 5.92 Å². The lowest BCUT2D eigenvalue weighted by atomic mass is 10.0. The second kappa shape index (κ2) is 6.08. The summed E-state index contributed by atoms with van der Waals surface area (Å²) < 4.78 is 5.43. The summed E-state index contributed by atoms with van der Waals surface area (Å²) in [5, 5.41) is 7.38. The van der Waals surface area contributed by atoms with E-state index in [1.165, 1.54) is 12.8 Å². The molecule has 1 saturated heterocycles. The highest BCUT2D eigenvalue weighted by Gasteiger charge is 2.23. The molecule has 0 aromatic rings. The lowest BCUT2D eigenvalue weighted by Crippen LogP contribution is -2.49. The van der Waals surface area contributed by atoms with Crippen LogP contribution in [0.3, 0.4) is 0 Å². The fourth-order valence-electron chi connectivity index (χ4n) is 1.97. The molecule has 4 nitrogen and oxygen atoms in total. The van der Waals surface area contributed by atoms with Crippen molar-refractivity contribution >= 4 is 5.84 Å². The fraction of sp³-hybridized carbons (Fsp3) is 0.909. The van der Waals surface area contributed by atoms with Gasteiger partial charge in [-0.3, -0.25) is 10.3 Å². The van der Waals surface area contributed by atoms with E-state index >= 15 is 0 Å². The summed E-state index contributed by atoms with van der Waals surface area (Å²) in [7, 11) is 0. The largest absolute Gasteiger partial charge is 0.385 e. The molecule has 1 atom stereocenters. The lowest BCUT2D eigenvalue weighted by Gasteiger charge is -2.34. The molecule has 1 fully saturated rings. The average molecular weight is 213 g/mol. The summed E-state index contributed by atoms with van der Waals surface area (Å²) in [6.07, 6.45) is 2.25. The predicted molar refractivity (Wildman–Crippen MR) is 62.2 cm³/mol. The Balaban J connectivity index is 2.38. The van der Waals surface area contributed by atoms with E-state index in [0.717, 1.165) is 25.6 Å². The third-order valence-electron chi connectivity index (χ3n) is 3.17. The highest BCUT2D eigenvalue weighted by atomic mass is 16.5. The van der Waals surface area contributed by atoms with Crippen LogP contribution in [0.2, 0.25) is 0 Å². The molecule has 0 radical (unpaired) electrons. The summed E-state index contributed by atoms with van der Waals surface area (Å²) in [5.74, 6) is 0.917. The van der Waals surface area contributed by atoms with Crippen molar-refractivity contribution in [3.05, 3.63) is 0 Å². The second-order valence-corrected chi connectivity index (χ2v) is 4.26. The van der Waals surface area contributed by atoms with Gasteiger partial charge in [0, 0.05) is 19.6 Å². The van der Waals surface area contributed by atoms with Crippen molar-refractivity contribution in [2.24, 2.45) is 11.7 Å². The number of nitrogens with zero attached hydrogens (tertiary/aromatic N) is 1. The molecule has 1 unspecified atom stereocenters. The summed E-state index contributed by atoms with van der Waals surface area (Å²) in [6, 6.07) is 0. The van der Waals surface area contributed by atoms with E-state index in [0.29, 0.717) is 6.61 Å². The Morgan fingerprint density at radius 3 is 2.73 bits per heavy atom. The van der Waals surface area contributed by atoms with Crippen LogP contribution >= 0.6 is 0 Å². The first-order chi connectivity index (χ1) is 7.17. The number of nitrogens with one attached hydrogen (secondary N) is 1. The molecule has 1 aliphatic rings. The first-order valence-electron chi connectivity index (χ1n) is 5.85. The molecule has 1 aliphatic heterocycles. The Kier molecular flexibility index (Phi) is 5.05. The molecular weight excluding hydrogens is 190 g/mol. The summed E-state index contributed by atoms with van der Waals surface area (Å²) >= 11 is 0. The van der Waals surface area contributed by atoms with Crippen LogP contribution in [-0.2, 0) is 4.74 Å². The van der Waals surface area contributed by atoms with Crippen LogP contribution < -0.4 is 5.73 Å². The highest BCUT2D eigenvalue weighted by Crippen LogP contribution is 2.13. The van der Waals surface area contributed by atoms with E-state index in [9.17, 15) is 0 Å². The molecule has 0 aromatic carbocycles. The van der Waals surface area contributed by atoms with Crippen LogP contribution in [0.5, 0.6) is 0 Å². The Labute approximate surface area is 92.3 Å². The Hall–Kier alpha value is -0.610. The van der Waals surface area contributed by atoms with Gasteiger partial charge in [0.25, 0.3) is 0 Å². The van der Waals surface area contributed by atoms with Gasteiger partial charge < -0.3 is 10.5 Å².